The number of β-amino-alcohol motifs (C(OH)–C–C–N with tert-alkyl or cyclic N) is 1. The van der Waals surface area contributed by atoms with Gasteiger partial charge in [-0.1, -0.05) is 42.5 Å². The molecule has 0 amide bonds. The minimum absolute atomic E-state index is 0.0154. The zero-order valence-electron chi connectivity index (χ0n) is 13.7. The molecule has 0 aliphatic carbocycles. The van der Waals surface area contributed by atoms with E-state index in [0.29, 0.717) is 6.54 Å². The third-order valence-corrected chi connectivity index (χ3v) is 3.62. The van der Waals surface area contributed by atoms with Gasteiger partial charge in [0.1, 0.15) is 18.5 Å². The summed E-state index contributed by atoms with van der Waals surface area (Å²) < 4.78 is 5.61. The number of ether oxygens (including phenoxy) is 1. The fraction of sp³-hybridized carbons (Fsp3) is 0.368. The first-order valence-corrected chi connectivity index (χ1v) is 7.82. The molecule has 23 heavy (non-hydrogen) atoms. The van der Waals surface area contributed by atoms with Crippen molar-refractivity contribution in [1.82, 2.24) is 5.32 Å². The third kappa shape index (κ3) is 5.67. The minimum Gasteiger partial charge on any atom is -0.491 e. The summed E-state index contributed by atoms with van der Waals surface area (Å²) in [5.74, 6) is 0.727. The second kappa shape index (κ2) is 8.11. The molecule has 0 fully saturated rings. The van der Waals surface area contributed by atoms with Crippen LogP contribution in [0.25, 0.3) is 11.1 Å². The molecule has 2 aromatic carbocycles. The summed E-state index contributed by atoms with van der Waals surface area (Å²) in [5.41, 5.74) is 1.89. The topological polar surface area (TPSA) is 61.7 Å². The Morgan fingerprint density at radius 1 is 1.00 bits per heavy atom. The van der Waals surface area contributed by atoms with E-state index in [2.05, 4.69) is 17.4 Å². The van der Waals surface area contributed by atoms with Gasteiger partial charge in [-0.05, 0) is 37.1 Å². The SMILES string of the molecule is CC(C)(CO)NC[C@H](O)COc1ccc(-c2ccccc2)cc1. The van der Waals surface area contributed by atoms with Gasteiger partial charge in [0.2, 0.25) is 0 Å². The molecule has 0 spiro atoms. The summed E-state index contributed by atoms with van der Waals surface area (Å²) in [6.45, 7) is 4.35. The summed E-state index contributed by atoms with van der Waals surface area (Å²) in [4.78, 5) is 0. The normalized spacial score (nSPS) is 12.9. The van der Waals surface area contributed by atoms with Gasteiger partial charge in [-0.2, -0.15) is 0 Å². The lowest BCUT2D eigenvalue weighted by Gasteiger charge is -2.25. The average Bonchev–Trinajstić information content (AvgIpc) is 2.59. The number of benzene rings is 2. The predicted octanol–water partition coefficient (Wildman–Crippen LogP) is 2.45. The molecule has 0 bridgehead atoms. The fourth-order valence-corrected chi connectivity index (χ4v) is 2.08. The van der Waals surface area contributed by atoms with Gasteiger partial charge in [0.15, 0.2) is 0 Å². The van der Waals surface area contributed by atoms with Crippen LogP contribution in [0.5, 0.6) is 5.75 Å². The number of hydrogen-bond donors (Lipinski definition) is 3. The quantitative estimate of drug-likeness (QED) is 0.700. The molecule has 0 aromatic heterocycles. The van der Waals surface area contributed by atoms with E-state index in [-0.39, 0.29) is 13.2 Å². The molecular weight excluding hydrogens is 290 g/mol. The van der Waals surface area contributed by atoms with Gasteiger partial charge >= 0.3 is 0 Å². The van der Waals surface area contributed by atoms with Gasteiger partial charge in [-0.25, -0.2) is 0 Å². The molecular formula is C19H25NO3. The Balaban J connectivity index is 1.82. The molecule has 0 unspecified atom stereocenters. The zero-order chi connectivity index (χ0) is 16.7. The van der Waals surface area contributed by atoms with Crippen molar-refractivity contribution in [2.45, 2.75) is 25.5 Å². The molecule has 4 nitrogen and oxygen atoms in total. The standard InChI is InChI=1S/C19H25NO3/c1-19(2,14-21)20-12-17(22)13-23-18-10-8-16(9-11-18)15-6-4-3-5-7-15/h3-11,17,20-22H,12-14H2,1-2H3/t17-/m0/s1. The van der Waals surface area contributed by atoms with Crippen LogP contribution in [0.1, 0.15) is 13.8 Å². The molecule has 0 heterocycles. The van der Waals surface area contributed by atoms with E-state index >= 15 is 0 Å². The summed E-state index contributed by atoms with van der Waals surface area (Å²) in [5, 5.41) is 22.2. The average molecular weight is 315 g/mol. The van der Waals surface area contributed by atoms with Crippen LogP contribution in [0, 0.1) is 0 Å². The number of rotatable bonds is 8. The first kappa shape index (κ1) is 17.5. The van der Waals surface area contributed by atoms with E-state index in [1.54, 1.807) is 0 Å². The summed E-state index contributed by atoms with van der Waals surface area (Å²) in [7, 11) is 0. The fourth-order valence-electron chi connectivity index (χ4n) is 2.08. The Kier molecular flexibility index (Phi) is 6.16. The first-order valence-electron chi connectivity index (χ1n) is 7.82. The Bertz CT molecular complexity index is 581. The van der Waals surface area contributed by atoms with E-state index < -0.39 is 11.6 Å². The Morgan fingerprint density at radius 2 is 1.61 bits per heavy atom. The monoisotopic (exact) mass is 315 g/mol. The van der Waals surface area contributed by atoms with Crippen molar-refractivity contribution < 1.29 is 14.9 Å². The van der Waals surface area contributed by atoms with E-state index in [0.717, 1.165) is 16.9 Å². The van der Waals surface area contributed by atoms with Gasteiger partial charge in [-0.15, -0.1) is 0 Å². The van der Waals surface area contributed by atoms with Crippen LogP contribution in [0.3, 0.4) is 0 Å². The molecule has 4 heteroatoms. The highest BCUT2D eigenvalue weighted by Crippen LogP contribution is 2.22. The summed E-state index contributed by atoms with van der Waals surface area (Å²) in [6.07, 6.45) is -0.630. The highest BCUT2D eigenvalue weighted by molar-refractivity contribution is 5.63. The molecule has 0 aliphatic rings. The van der Waals surface area contributed by atoms with Gasteiger partial charge in [0.25, 0.3) is 0 Å². The lowest BCUT2D eigenvalue weighted by atomic mass is 10.1. The number of aliphatic hydroxyl groups excluding tert-OH is 2. The number of hydrogen-bond acceptors (Lipinski definition) is 4. The number of aliphatic hydroxyl groups is 2. The van der Waals surface area contributed by atoms with E-state index in [1.165, 1.54) is 0 Å². The van der Waals surface area contributed by atoms with Crippen LogP contribution in [0.15, 0.2) is 54.6 Å². The van der Waals surface area contributed by atoms with E-state index in [1.807, 2.05) is 56.3 Å². The Hall–Kier alpha value is -1.88. The van der Waals surface area contributed by atoms with Crippen molar-refractivity contribution in [2.75, 3.05) is 19.8 Å². The van der Waals surface area contributed by atoms with E-state index in [9.17, 15) is 5.11 Å². The van der Waals surface area contributed by atoms with Crippen molar-refractivity contribution in [3.63, 3.8) is 0 Å². The highest BCUT2D eigenvalue weighted by Gasteiger charge is 2.17. The Labute approximate surface area is 137 Å². The van der Waals surface area contributed by atoms with Crippen molar-refractivity contribution in [1.29, 1.82) is 0 Å². The van der Waals surface area contributed by atoms with Crippen LogP contribution in [-0.2, 0) is 0 Å². The molecule has 2 aromatic rings. The predicted molar refractivity (Wildman–Crippen MR) is 92.5 cm³/mol. The summed E-state index contributed by atoms with van der Waals surface area (Å²) in [6, 6.07) is 18.0. The van der Waals surface area contributed by atoms with Crippen LogP contribution in [-0.4, -0.2) is 41.6 Å². The van der Waals surface area contributed by atoms with Crippen molar-refractivity contribution in [3.05, 3.63) is 54.6 Å². The van der Waals surface area contributed by atoms with Gasteiger partial charge < -0.3 is 20.3 Å². The zero-order valence-corrected chi connectivity index (χ0v) is 13.7. The van der Waals surface area contributed by atoms with Gasteiger partial charge in [0.05, 0.1) is 6.61 Å². The molecule has 2 rings (SSSR count). The second-order valence-electron chi connectivity index (χ2n) is 6.28. The third-order valence-electron chi connectivity index (χ3n) is 3.62. The largest absolute Gasteiger partial charge is 0.491 e. The van der Waals surface area contributed by atoms with Crippen molar-refractivity contribution >= 4 is 0 Å². The molecule has 124 valence electrons. The smallest absolute Gasteiger partial charge is 0.119 e. The highest BCUT2D eigenvalue weighted by atomic mass is 16.5. The van der Waals surface area contributed by atoms with Crippen LogP contribution in [0.4, 0.5) is 0 Å². The molecule has 0 saturated carbocycles. The molecule has 1 atom stereocenters. The van der Waals surface area contributed by atoms with Gasteiger partial charge in [0, 0.05) is 12.1 Å². The lowest BCUT2D eigenvalue weighted by molar-refractivity contribution is 0.0907. The van der Waals surface area contributed by atoms with Crippen LogP contribution < -0.4 is 10.1 Å². The maximum absolute atomic E-state index is 9.93. The van der Waals surface area contributed by atoms with E-state index in [4.69, 9.17) is 9.84 Å². The van der Waals surface area contributed by atoms with Crippen molar-refractivity contribution in [2.24, 2.45) is 0 Å². The first-order chi connectivity index (χ1) is 11.0. The van der Waals surface area contributed by atoms with Crippen molar-refractivity contribution in [3.8, 4) is 16.9 Å². The van der Waals surface area contributed by atoms with Crippen LogP contribution in [0.2, 0.25) is 0 Å². The van der Waals surface area contributed by atoms with Gasteiger partial charge in [-0.3, -0.25) is 0 Å². The molecule has 0 saturated heterocycles. The molecule has 0 aliphatic heterocycles. The molecule has 3 N–H and O–H groups in total. The second-order valence-corrected chi connectivity index (χ2v) is 6.28. The minimum atomic E-state index is -0.630. The lowest BCUT2D eigenvalue weighted by Crippen LogP contribution is -2.47. The maximum atomic E-state index is 9.93. The summed E-state index contributed by atoms with van der Waals surface area (Å²) >= 11 is 0. The maximum Gasteiger partial charge on any atom is 0.119 e. The van der Waals surface area contributed by atoms with Crippen LogP contribution >= 0.6 is 0 Å². The number of nitrogens with one attached hydrogen (secondary N) is 1. The molecule has 0 radical (unpaired) electrons. The Morgan fingerprint density at radius 3 is 2.22 bits per heavy atom.